The molecule has 0 radical (unpaired) electrons. The zero-order valence-electron chi connectivity index (χ0n) is 54.6. The number of hydrogen-bond donors (Lipinski definition) is 6. The Kier molecular flexibility index (Phi) is 59.0. The van der Waals surface area contributed by atoms with E-state index in [1.807, 2.05) is 6.08 Å². The van der Waals surface area contributed by atoms with Crippen molar-refractivity contribution in [2.45, 2.75) is 384 Å². The monoisotopic (exact) mass is 1190 g/mol. The van der Waals surface area contributed by atoms with Gasteiger partial charge in [0.15, 0.2) is 6.29 Å². The number of carbonyl (C=O) groups is 2. The van der Waals surface area contributed by atoms with Crippen LogP contribution in [0.25, 0.3) is 0 Å². The van der Waals surface area contributed by atoms with Gasteiger partial charge in [0.1, 0.15) is 24.4 Å². The van der Waals surface area contributed by atoms with Crippen molar-refractivity contribution in [3.63, 3.8) is 0 Å². The van der Waals surface area contributed by atoms with Crippen LogP contribution in [0, 0.1) is 0 Å². The molecule has 0 aromatic carbocycles. The highest BCUT2D eigenvalue weighted by molar-refractivity contribution is 5.76. The fourth-order valence-corrected chi connectivity index (χ4v) is 11.2. The Balaban J connectivity index is 1.95. The third kappa shape index (κ3) is 50.6. The Bertz CT molecular complexity index is 1530. The maximum atomic E-state index is 13.0. The second-order valence-corrected chi connectivity index (χ2v) is 24.9. The van der Waals surface area contributed by atoms with E-state index in [4.69, 9.17) is 14.2 Å². The molecule has 0 aromatic rings. The molecule has 11 nitrogen and oxygen atoms in total. The molecule has 6 N–H and O–H groups in total. The molecule has 84 heavy (non-hydrogen) atoms. The molecule has 1 aliphatic heterocycles. The fraction of sp³-hybridized carbons (Fsp3) is 0.863. The molecule has 1 aliphatic rings. The second kappa shape index (κ2) is 62.2. The number of aliphatic hydroxyl groups excluding tert-OH is 5. The minimum atomic E-state index is -1.58. The number of carbonyl (C=O) groups excluding carboxylic acids is 2. The van der Waals surface area contributed by atoms with E-state index in [1.165, 1.54) is 250 Å². The van der Waals surface area contributed by atoms with Crippen molar-refractivity contribution in [3.05, 3.63) is 48.6 Å². The minimum absolute atomic E-state index is 0.00743. The third-order valence-corrected chi connectivity index (χ3v) is 16.9. The number of unbranched alkanes of at least 4 members (excludes halogenated alkanes) is 43. The van der Waals surface area contributed by atoms with Gasteiger partial charge in [0.05, 0.1) is 32.0 Å². The average molecular weight is 1190 g/mol. The van der Waals surface area contributed by atoms with Gasteiger partial charge in [-0.2, -0.15) is 0 Å². The molecule has 1 fully saturated rings. The van der Waals surface area contributed by atoms with Gasteiger partial charge in [-0.15, -0.1) is 0 Å². The first-order chi connectivity index (χ1) is 41.2. The van der Waals surface area contributed by atoms with E-state index < -0.39 is 49.5 Å². The SMILES string of the molecule is CCCCCCC/C=C/CC/C=C/C(O)C(COC1OC(CO)C(O)C(O)C1O)NC(=O)CCCCCCCCCCCCCCCCCCC/C=C\C/C=C\CCCCCCCCCCCOC(=O)CCCCCCCCCCCCCC. The predicted octanol–water partition coefficient (Wildman–Crippen LogP) is 18.4. The van der Waals surface area contributed by atoms with Crippen molar-refractivity contribution in [2.24, 2.45) is 0 Å². The highest BCUT2D eigenvalue weighted by atomic mass is 16.7. The Morgan fingerprint density at radius 2 is 0.810 bits per heavy atom. The normalized spacial score (nSPS) is 18.3. The van der Waals surface area contributed by atoms with E-state index in [1.54, 1.807) is 6.08 Å². The summed E-state index contributed by atoms with van der Waals surface area (Å²) in [7, 11) is 0. The molecule has 1 heterocycles. The lowest BCUT2D eigenvalue weighted by molar-refractivity contribution is -0.302. The summed E-state index contributed by atoms with van der Waals surface area (Å²) in [5.41, 5.74) is 0. The summed E-state index contributed by atoms with van der Waals surface area (Å²) in [6.45, 7) is 4.33. The summed E-state index contributed by atoms with van der Waals surface area (Å²) in [4.78, 5) is 25.1. The predicted molar refractivity (Wildman–Crippen MR) is 352 cm³/mol. The number of amides is 1. The number of hydrogen-bond acceptors (Lipinski definition) is 10. The highest BCUT2D eigenvalue weighted by Crippen LogP contribution is 2.23. The van der Waals surface area contributed by atoms with E-state index in [0.29, 0.717) is 19.4 Å². The van der Waals surface area contributed by atoms with Crippen molar-refractivity contribution in [3.8, 4) is 0 Å². The number of rotatable bonds is 63. The quantitative estimate of drug-likeness (QED) is 0.0195. The van der Waals surface area contributed by atoms with Gasteiger partial charge in [0.25, 0.3) is 0 Å². The summed E-state index contributed by atoms with van der Waals surface area (Å²) in [5.74, 6) is -0.183. The first kappa shape index (κ1) is 79.6. The van der Waals surface area contributed by atoms with Gasteiger partial charge in [-0.1, -0.05) is 300 Å². The maximum absolute atomic E-state index is 13.0. The molecule has 0 spiro atoms. The third-order valence-electron chi connectivity index (χ3n) is 16.9. The molecule has 7 unspecified atom stereocenters. The molecule has 0 aliphatic carbocycles. The summed E-state index contributed by atoms with van der Waals surface area (Å²) in [6, 6.07) is -0.826. The Morgan fingerprint density at radius 3 is 1.25 bits per heavy atom. The average Bonchev–Trinajstić information content (AvgIpc) is 3.27. The number of allylic oxidation sites excluding steroid dienone is 7. The molecule has 11 heteroatoms. The van der Waals surface area contributed by atoms with Gasteiger partial charge in [-0.05, 0) is 77.0 Å². The lowest BCUT2D eigenvalue weighted by atomic mass is 9.99. The van der Waals surface area contributed by atoms with E-state index in [9.17, 15) is 35.1 Å². The van der Waals surface area contributed by atoms with Crippen molar-refractivity contribution in [1.82, 2.24) is 5.32 Å². The van der Waals surface area contributed by atoms with E-state index in [-0.39, 0.29) is 18.5 Å². The van der Waals surface area contributed by atoms with Crippen molar-refractivity contribution in [2.75, 3.05) is 19.8 Å². The standard InChI is InChI=1S/C73H135NO10/c1-3-5-7-9-11-13-15-41-45-49-53-57-61-69(78)82-62-58-54-50-46-42-38-36-34-32-30-28-26-24-22-20-18-16-17-19-21-23-25-27-29-31-33-35-37-40-44-48-52-56-60-68(77)74-65(64-83-73-72(81)71(80)70(79)67(63-75)84-73)66(76)59-55-51-47-43-39-14-12-10-8-6-4-2/h20,22,26,28,39,43,55,59,65-67,70-73,75-76,79-81H,3-19,21,23-25,27,29-38,40-42,44-54,56-58,60-64H2,1-2H3,(H,74,77)/b22-20-,28-26-,43-39+,59-55+. The summed E-state index contributed by atoms with van der Waals surface area (Å²) < 4.78 is 16.7. The largest absolute Gasteiger partial charge is 0.466 e. The van der Waals surface area contributed by atoms with Gasteiger partial charge >= 0.3 is 5.97 Å². The Morgan fingerprint density at radius 1 is 0.440 bits per heavy atom. The number of nitrogens with one attached hydrogen (secondary N) is 1. The molecule has 7 atom stereocenters. The summed E-state index contributed by atoms with van der Waals surface area (Å²) >= 11 is 0. The first-order valence-electron chi connectivity index (χ1n) is 35.9. The topological polar surface area (TPSA) is 175 Å². The van der Waals surface area contributed by atoms with E-state index in [0.717, 1.165) is 64.2 Å². The van der Waals surface area contributed by atoms with Crippen LogP contribution >= 0.6 is 0 Å². The fourth-order valence-electron chi connectivity index (χ4n) is 11.2. The van der Waals surface area contributed by atoms with Crippen molar-refractivity contribution < 1.29 is 49.3 Å². The number of ether oxygens (including phenoxy) is 3. The van der Waals surface area contributed by atoms with Gasteiger partial charge < -0.3 is 45.1 Å². The summed E-state index contributed by atoms with van der Waals surface area (Å²) in [6.07, 6.45) is 71.2. The zero-order chi connectivity index (χ0) is 60.9. The van der Waals surface area contributed by atoms with Crippen LogP contribution in [-0.2, 0) is 23.8 Å². The van der Waals surface area contributed by atoms with Crippen LogP contribution in [0.4, 0.5) is 0 Å². The molecule has 1 amide bonds. The number of aliphatic hydroxyl groups is 5. The molecular formula is C73H135NO10. The van der Waals surface area contributed by atoms with Crippen molar-refractivity contribution in [1.29, 1.82) is 0 Å². The van der Waals surface area contributed by atoms with Crippen LogP contribution in [0.15, 0.2) is 48.6 Å². The van der Waals surface area contributed by atoms with Crippen LogP contribution in [0.1, 0.15) is 341 Å². The van der Waals surface area contributed by atoms with Crippen LogP contribution < -0.4 is 5.32 Å². The molecular weight excluding hydrogens is 1050 g/mol. The van der Waals surface area contributed by atoms with Gasteiger partial charge in [0.2, 0.25) is 5.91 Å². The van der Waals surface area contributed by atoms with E-state index in [2.05, 4.69) is 55.6 Å². The summed E-state index contributed by atoms with van der Waals surface area (Å²) in [5, 5.41) is 54.4. The van der Waals surface area contributed by atoms with Crippen LogP contribution in [0.2, 0.25) is 0 Å². The molecule has 492 valence electrons. The molecule has 0 saturated carbocycles. The number of esters is 1. The van der Waals surface area contributed by atoms with Crippen LogP contribution in [0.3, 0.4) is 0 Å². The molecule has 1 saturated heterocycles. The zero-order valence-corrected chi connectivity index (χ0v) is 54.6. The lowest BCUT2D eigenvalue weighted by Gasteiger charge is -2.40. The first-order valence-corrected chi connectivity index (χ1v) is 35.9. The molecule has 0 aromatic heterocycles. The highest BCUT2D eigenvalue weighted by Gasteiger charge is 2.44. The molecule has 1 rings (SSSR count). The minimum Gasteiger partial charge on any atom is -0.466 e. The maximum Gasteiger partial charge on any atom is 0.305 e. The van der Waals surface area contributed by atoms with E-state index >= 15 is 0 Å². The second-order valence-electron chi connectivity index (χ2n) is 24.9. The van der Waals surface area contributed by atoms with Crippen molar-refractivity contribution >= 4 is 11.9 Å². The Hall–Kier alpha value is -2.38. The Labute approximate surface area is 516 Å². The van der Waals surface area contributed by atoms with Gasteiger partial charge in [-0.25, -0.2) is 0 Å². The smallest absolute Gasteiger partial charge is 0.305 e. The molecule has 0 bridgehead atoms. The lowest BCUT2D eigenvalue weighted by Crippen LogP contribution is -2.60. The van der Waals surface area contributed by atoms with Gasteiger partial charge in [-0.3, -0.25) is 9.59 Å². The van der Waals surface area contributed by atoms with Gasteiger partial charge in [0, 0.05) is 12.8 Å². The van der Waals surface area contributed by atoms with Crippen LogP contribution in [-0.4, -0.2) is 100 Å². The van der Waals surface area contributed by atoms with Crippen LogP contribution in [0.5, 0.6) is 0 Å².